The Kier molecular flexibility index (Phi) is 7.79. The fourth-order valence-electron chi connectivity index (χ4n) is 1.93. The zero-order chi connectivity index (χ0) is 15.7. The van der Waals surface area contributed by atoms with E-state index in [0.717, 1.165) is 0 Å². The third kappa shape index (κ3) is 6.51. The minimum absolute atomic E-state index is 0.0438. The van der Waals surface area contributed by atoms with Crippen LogP contribution in [0.2, 0.25) is 0 Å². The van der Waals surface area contributed by atoms with E-state index in [1.807, 2.05) is 0 Å². The number of Topliss-reactive ketones (excluding diaryl/α,β-unsaturated/α-hetero) is 1. The molecule has 0 unspecified atom stereocenters. The Morgan fingerprint density at radius 1 is 1.10 bits per heavy atom. The summed E-state index contributed by atoms with van der Waals surface area (Å²) in [6.07, 6.45) is 1.83. The van der Waals surface area contributed by atoms with E-state index in [1.165, 1.54) is 24.3 Å². The Hall–Kier alpha value is -1.03. The number of halogens is 1. The zero-order valence-corrected chi connectivity index (χ0v) is 13.4. The van der Waals surface area contributed by atoms with Crippen LogP contribution in [-0.2, 0) is 13.6 Å². The first-order chi connectivity index (χ1) is 10.0. The first-order valence-corrected chi connectivity index (χ1v) is 8.90. The molecule has 0 radical (unpaired) electrons. The zero-order valence-electron chi connectivity index (χ0n) is 12.5. The molecule has 0 saturated heterocycles. The van der Waals surface area contributed by atoms with Gasteiger partial charge in [0.2, 0.25) is 0 Å². The van der Waals surface area contributed by atoms with E-state index < -0.39 is 7.60 Å². The summed E-state index contributed by atoms with van der Waals surface area (Å²) < 4.78 is 35.3. The van der Waals surface area contributed by atoms with Crippen LogP contribution in [-0.4, -0.2) is 25.2 Å². The summed E-state index contributed by atoms with van der Waals surface area (Å²) in [7, 11) is -3.02. The van der Waals surface area contributed by atoms with Gasteiger partial charge < -0.3 is 9.05 Å². The van der Waals surface area contributed by atoms with Crippen molar-refractivity contribution in [2.45, 2.75) is 33.1 Å². The molecule has 0 bridgehead atoms. The van der Waals surface area contributed by atoms with Crippen molar-refractivity contribution in [3.63, 3.8) is 0 Å². The van der Waals surface area contributed by atoms with Crippen LogP contribution in [0.15, 0.2) is 24.3 Å². The van der Waals surface area contributed by atoms with Crippen LogP contribution in [0.5, 0.6) is 0 Å². The molecule has 118 valence electrons. The van der Waals surface area contributed by atoms with Crippen LogP contribution < -0.4 is 0 Å². The van der Waals surface area contributed by atoms with Crippen molar-refractivity contribution in [2.24, 2.45) is 0 Å². The predicted molar refractivity (Wildman–Crippen MR) is 80.3 cm³/mol. The second-order valence-corrected chi connectivity index (χ2v) is 6.74. The number of benzene rings is 1. The monoisotopic (exact) mass is 316 g/mol. The molecular weight excluding hydrogens is 294 g/mol. The number of rotatable bonds is 10. The van der Waals surface area contributed by atoms with Crippen LogP contribution in [0.3, 0.4) is 0 Å². The predicted octanol–water partition coefficient (Wildman–Crippen LogP) is 4.44. The molecule has 1 rings (SSSR count). The topological polar surface area (TPSA) is 52.6 Å². The molecule has 0 aliphatic carbocycles. The number of carbonyl (C=O) groups excluding carboxylic acids is 1. The molecule has 0 saturated carbocycles. The average Bonchev–Trinajstić information content (AvgIpc) is 2.45. The highest BCUT2D eigenvalue weighted by atomic mass is 31.2. The summed E-state index contributed by atoms with van der Waals surface area (Å²) in [5.41, 5.74) is 0.495. The molecule has 0 heterocycles. The third-order valence-electron chi connectivity index (χ3n) is 2.90. The number of hydrogen-bond acceptors (Lipinski definition) is 4. The molecule has 21 heavy (non-hydrogen) atoms. The van der Waals surface area contributed by atoms with E-state index in [2.05, 4.69) is 0 Å². The highest BCUT2D eigenvalue weighted by molar-refractivity contribution is 7.53. The highest BCUT2D eigenvalue weighted by Gasteiger charge is 2.22. The summed E-state index contributed by atoms with van der Waals surface area (Å²) in [5.74, 6) is -0.404. The van der Waals surface area contributed by atoms with Crippen LogP contribution in [0.4, 0.5) is 4.39 Å². The third-order valence-corrected chi connectivity index (χ3v) is 5.07. The minimum Gasteiger partial charge on any atom is -0.309 e. The number of ketones is 1. The van der Waals surface area contributed by atoms with Crippen molar-refractivity contribution in [1.82, 2.24) is 0 Å². The summed E-state index contributed by atoms with van der Waals surface area (Å²) in [6.45, 7) is 4.21. The maximum Gasteiger partial charge on any atom is 0.330 e. The van der Waals surface area contributed by atoms with Crippen LogP contribution in [0, 0.1) is 5.82 Å². The number of unbranched alkanes of at least 4 members (excludes halogenated alkanes) is 1. The van der Waals surface area contributed by atoms with Crippen molar-refractivity contribution < 1.29 is 22.8 Å². The molecule has 4 nitrogen and oxygen atoms in total. The first-order valence-electron chi connectivity index (χ1n) is 7.17. The lowest BCUT2D eigenvalue weighted by Crippen LogP contribution is -2.03. The maximum atomic E-state index is 12.8. The molecular formula is C15H22FO4P. The first kappa shape index (κ1) is 18.0. The maximum absolute atomic E-state index is 12.8. The molecule has 0 N–H and O–H groups in total. The van der Waals surface area contributed by atoms with Gasteiger partial charge in [0, 0.05) is 12.0 Å². The van der Waals surface area contributed by atoms with Crippen molar-refractivity contribution in [3.8, 4) is 0 Å². The molecule has 0 aliphatic rings. The summed E-state index contributed by atoms with van der Waals surface area (Å²) >= 11 is 0. The van der Waals surface area contributed by atoms with Crippen molar-refractivity contribution in [1.29, 1.82) is 0 Å². The van der Waals surface area contributed by atoms with Crippen molar-refractivity contribution in [3.05, 3.63) is 35.6 Å². The average molecular weight is 316 g/mol. The summed E-state index contributed by atoms with van der Waals surface area (Å²) in [5, 5.41) is 0. The van der Waals surface area contributed by atoms with Gasteiger partial charge in [-0.3, -0.25) is 9.36 Å². The van der Waals surface area contributed by atoms with Gasteiger partial charge >= 0.3 is 7.60 Å². The SMILES string of the molecule is CCOP(=O)(CCCCC(=O)c1ccc(F)cc1)OCC. The Morgan fingerprint density at radius 2 is 1.67 bits per heavy atom. The van der Waals surface area contributed by atoms with Gasteiger partial charge in [0.1, 0.15) is 5.82 Å². The molecule has 0 aromatic heterocycles. The second kappa shape index (κ2) is 9.08. The Bertz CT molecular complexity index is 477. The van der Waals surface area contributed by atoms with Gasteiger partial charge in [-0.2, -0.15) is 0 Å². The standard InChI is InChI=1S/C15H22FO4P/c1-3-19-21(18,20-4-2)12-6-5-7-15(17)13-8-10-14(16)11-9-13/h8-11H,3-7,12H2,1-2H3. The quantitative estimate of drug-likeness (QED) is 0.364. The number of hydrogen-bond donors (Lipinski definition) is 0. The smallest absolute Gasteiger partial charge is 0.309 e. The normalized spacial score (nSPS) is 11.6. The Balaban J connectivity index is 2.37. The van der Waals surface area contributed by atoms with E-state index in [-0.39, 0.29) is 11.6 Å². The van der Waals surface area contributed by atoms with Gasteiger partial charge in [-0.05, 0) is 51.0 Å². The molecule has 6 heteroatoms. The summed E-state index contributed by atoms with van der Waals surface area (Å²) in [6, 6.07) is 5.49. The molecule has 1 aromatic rings. The van der Waals surface area contributed by atoms with E-state index in [4.69, 9.17) is 9.05 Å². The highest BCUT2D eigenvalue weighted by Crippen LogP contribution is 2.48. The van der Waals surface area contributed by atoms with Crippen molar-refractivity contribution in [2.75, 3.05) is 19.4 Å². The second-order valence-electron chi connectivity index (χ2n) is 4.56. The van der Waals surface area contributed by atoms with Gasteiger partial charge in [0.15, 0.2) is 5.78 Å². The Morgan fingerprint density at radius 3 is 2.19 bits per heavy atom. The molecule has 0 fully saturated rings. The van der Waals surface area contributed by atoms with Crippen molar-refractivity contribution >= 4 is 13.4 Å². The Labute approximate surface area is 125 Å². The fraction of sp³-hybridized carbons (Fsp3) is 0.533. The molecule has 0 spiro atoms. The van der Waals surface area contributed by atoms with Gasteiger partial charge in [-0.25, -0.2) is 4.39 Å². The van der Waals surface area contributed by atoms with Gasteiger partial charge in [-0.15, -0.1) is 0 Å². The van der Waals surface area contributed by atoms with E-state index in [9.17, 15) is 13.8 Å². The van der Waals surface area contributed by atoms with Crippen LogP contribution in [0.25, 0.3) is 0 Å². The van der Waals surface area contributed by atoms with Gasteiger partial charge in [-0.1, -0.05) is 0 Å². The lowest BCUT2D eigenvalue weighted by Gasteiger charge is -2.16. The molecule has 1 aromatic carbocycles. The molecule has 0 atom stereocenters. The summed E-state index contributed by atoms with van der Waals surface area (Å²) in [4.78, 5) is 11.9. The van der Waals surface area contributed by atoms with Crippen LogP contribution in [0.1, 0.15) is 43.5 Å². The minimum atomic E-state index is -3.02. The van der Waals surface area contributed by atoms with E-state index in [1.54, 1.807) is 13.8 Å². The lowest BCUT2D eigenvalue weighted by atomic mass is 10.1. The lowest BCUT2D eigenvalue weighted by molar-refractivity contribution is 0.0979. The fourth-order valence-corrected chi connectivity index (χ4v) is 3.66. The largest absolute Gasteiger partial charge is 0.330 e. The molecule has 0 aliphatic heterocycles. The van der Waals surface area contributed by atoms with Gasteiger partial charge in [0.05, 0.1) is 19.4 Å². The van der Waals surface area contributed by atoms with E-state index >= 15 is 0 Å². The van der Waals surface area contributed by atoms with E-state index in [0.29, 0.717) is 44.2 Å². The van der Waals surface area contributed by atoms with Gasteiger partial charge in [0.25, 0.3) is 0 Å². The molecule has 0 amide bonds. The van der Waals surface area contributed by atoms with Crippen LogP contribution >= 0.6 is 7.60 Å². The number of carbonyl (C=O) groups is 1.